The van der Waals surface area contributed by atoms with Crippen molar-refractivity contribution < 1.29 is 13.5 Å². The molecule has 17 heavy (non-hydrogen) atoms. The third kappa shape index (κ3) is 3.37. The molecule has 2 aromatic rings. The van der Waals surface area contributed by atoms with Crippen LogP contribution in [0.25, 0.3) is 0 Å². The van der Waals surface area contributed by atoms with Gasteiger partial charge >= 0.3 is 6.61 Å². The minimum atomic E-state index is -2.81. The van der Waals surface area contributed by atoms with Crippen molar-refractivity contribution in [1.29, 1.82) is 0 Å². The molecule has 0 aliphatic heterocycles. The molecule has 0 radical (unpaired) electrons. The van der Waals surface area contributed by atoms with Crippen LogP contribution in [0.5, 0.6) is 5.75 Å². The van der Waals surface area contributed by atoms with E-state index in [1.54, 1.807) is 24.4 Å². The summed E-state index contributed by atoms with van der Waals surface area (Å²) in [6.07, 6.45) is 3.01. The van der Waals surface area contributed by atoms with Crippen molar-refractivity contribution in [3.05, 3.63) is 42.9 Å². The van der Waals surface area contributed by atoms with Gasteiger partial charge in [-0.2, -0.15) is 8.78 Å². The maximum atomic E-state index is 11.9. The minimum absolute atomic E-state index is 0.119. The third-order valence-electron chi connectivity index (χ3n) is 1.93. The lowest BCUT2D eigenvalue weighted by Crippen LogP contribution is -2.01. The summed E-state index contributed by atoms with van der Waals surface area (Å²) in [5, 5.41) is 2.99. The summed E-state index contributed by atoms with van der Waals surface area (Å²) in [5.41, 5.74) is 0.727. The van der Waals surface area contributed by atoms with Gasteiger partial charge in [-0.25, -0.2) is 9.97 Å². The summed E-state index contributed by atoms with van der Waals surface area (Å²) in [6.45, 7) is -2.81. The molecule has 0 fully saturated rings. The Labute approximate surface area is 96.3 Å². The SMILES string of the molecule is FC(F)Oc1ccc(Nc2ccncn2)cc1. The number of hydrogen-bond donors (Lipinski definition) is 1. The lowest BCUT2D eigenvalue weighted by Gasteiger charge is -2.07. The van der Waals surface area contributed by atoms with Gasteiger partial charge in [-0.1, -0.05) is 0 Å². The molecule has 4 nitrogen and oxygen atoms in total. The predicted molar refractivity (Wildman–Crippen MR) is 58.4 cm³/mol. The van der Waals surface area contributed by atoms with Crippen molar-refractivity contribution in [1.82, 2.24) is 9.97 Å². The molecular formula is C11H9F2N3O. The first-order valence-electron chi connectivity index (χ1n) is 4.82. The van der Waals surface area contributed by atoms with Gasteiger partial charge in [0.1, 0.15) is 17.9 Å². The van der Waals surface area contributed by atoms with Crippen LogP contribution >= 0.6 is 0 Å². The molecule has 6 heteroatoms. The van der Waals surface area contributed by atoms with E-state index in [2.05, 4.69) is 20.0 Å². The number of anilines is 2. The topological polar surface area (TPSA) is 47.0 Å². The Bertz CT molecular complexity index is 462. The first-order chi connectivity index (χ1) is 8.24. The second kappa shape index (κ2) is 5.20. The number of rotatable bonds is 4. The lowest BCUT2D eigenvalue weighted by atomic mass is 10.3. The van der Waals surface area contributed by atoms with Gasteiger partial charge in [0.05, 0.1) is 0 Å². The number of aromatic nitrogens is 2. The van der Waals surface area contributed by atoms with Crippen molar-refractivity contribution >= 4 is 11.5 Å². The van der Waals surface area contributed by atoms with Crippen molar-refractivity contribution in [3.63, 3.8) is 0 Å². The van der Waals surface area contributed by atoms with E-state index in [1.807, 2.05) is 0 Å². The summed E-state index contributed by atoms with van der Waals surface area (Å²) in [5.74, 6) is 0.746. The van der Waals surface area contributed by atoms with Crippen LogP contribution in [0, 0.1) is 0 Å². The van der Waals surface area contributed by atoms with E-state index in [0.29, 0.717) is 5.82 Å². The minimum Gasteiger partial charge on any atom is -0.435 e. The summed E-state index contributed by atoms with van der Waals surface area (Å²) < 4.78 is 28.1. The first-order valence-corrected chi connectivity index (χ1v) is 4.82. The monoisotopic (exact) mass is 237 g/mol. The maximum Gasteiger partial charge on any atom is 0.387 e. The zero-order chi connectivity index (χ0) is 12.1. The molecule has 0 aliphatic rings. The largest absolute Gasteiger partial charge is 0.435 e. The molecule has 88 valence electrons. The fourth-order valence-electron chi connectivity index (χ4n) is 1.23. The molecule has 0 spiro atoms. The number of halogens is 2. The van der Waals surface area contributed by atoms with Crippen LogP contribution in [0.3, 0.4) is 0 Å². The van der Waals surface area contributed by atoms with Crippen LogP contribution < -0.4 is 10.1 Å². The fraction of sp³-hybridized carbons (Fsp3) is 0.0909. The zero-order valence-corrected chi connectivity index (χ0v) is 8.68. The van der Waals surface area contributed by atoms with Gasteiger partial charge in [0.15, 0.2) is 0 Å². The third-order valence-corrected chi connectivity index (χ3v) is 1.93. The normalized spacial score (nSPS) is 10.3. The Kier molecular flexibility index (Phi) is 3.44. The van der Waals surface area contributed by atoms with E-state index in [-0.39, 0.29) is 5.75 Å². The van der Waals surface area contributed by atoms with Gasteiger partial charge in [-0.3, -0.25) is 0 Å². The van der Waals surface area contributed by atoms with Crippen molar-refractivity contribution in [3.8, 4) is 5.75 Å². The van der Waals surface area contributed by atoms with Crippen LogP contribution in [0.15, 0.2) is 42.9 Å². The highest BCUT2D eigenvalue weighted by Gasteiger charge is 2.03. The maximum absolute atomic E-state index is 11.9. The Morgan fingerprint density at radius 2 is 1.88 bits per heavy atom. The molecule has 0 atom stereocenters. The van der Waals surface area contributed by atoms with Crippen molar-refractivity contribution in [2.45, 2.75) is 6.61 Å². The number of alkyl halides is 2. The van der Waals surface area contributed by atoms with E-state index in [0.717, 1.165) is 5.69 Å². The Hall–Kier alpha value is -2.24. The summed E-state index contributed by atoms with van der Waals surface area (Å²) in [6, 6.07) is 7.86. The van der Waals surface area contributed by atoms with Crippen LogP contribution in [-0.2, 0) is 0 Å². The van der Waals surface area contributed by atoms with Gasteiger partial charge in [0.2, 0.25) is 0 Å². The van der Waals surface area contributed by atoms with Gasteiger partial charge in [-0.15, -0.1) is 0 Å². The van der Waals surface area contributed by atoms with E-state index in [1.165, 1.54) is 18.5 Å². The van der Waals surface area contributed by atoms with Crippen molar-refractivity contribution in [2.24, 2.45) is 0 Å². The standard InChI is InChI=1S/C11H9F2N3O/c12-11(13)17-9-3-1-8(2-4-9)16-10-5-6-14-7-15-10/h1-7,11H,(H,14,15,16). The number of nitrogens with zero attached hydrogens (tertiary/aromatic N) is 2. The second-order valence-corrected chi connectivity index (χ2v) is 3.12. The average Bonchev–Trinajstić information content (AvgIpc) is 2.32. The van der Waals surface area contributed by atoms with Gasteiger partial charge in [0, 0.05) is 11.9 Å². The molecule has 0 unspecified atom stereocenters. The molecule has 2 rings (SSSR count). The lowest BCUT2D eigenvalue weighted by molar-refractivity contribution is -0.0498. The van der Waals surface area contributed by atoms with E-state index >= 15 is 0 Å². The number of ether oxygens (including phenoxy) is 1. The Morgan fingerprint density at radius 3 is 2.47 bits per heavy atom. The number of benzene rings is 1. The predicted octanol–water partition coefficient (Wildman–Crippen LogP) is 2.82. The smallest absolute Gasteiger partial charge is 0.387 e. The van der Waals surface area contributed by atoms with Crippen LogP contribution in [0.2, 0.25) is 0 Å². The van der Waals surface area contributed by atoms with E-state index in [9.17, 15) is 8.78 Å². The van der Waals surface area contributed by atoms with Crippen molar-refractivity contribution in [2.75, 3.05) is 5.32 Å². The highest BCUT2D eigenvalue weighted by molar-refractivity contribution is 5.56. The average molecular weight is 237 g/mol. The molecular weight excluding hydrogens is 228 g/mol. The second-order valence-electron chi connectivity index (χ2n) is 3.12. The molecule has 1 heterocycles. The molecule has 0 saturated heterocycles. The fourth-order valence-corrected chi connectivity index (χ4v) is 1.23. The Balaban J connectivity index is 2.03. The molecule has 0 amide bonds. The summed E-state index contributed by atoms with van der Waals surface area (Å²) in [7, 11) is 0. The quantitative estimate of drug-likeness (QED) is 0.888. The highest BCUT2D eigenvalue weighted by Crippen LogP contribution is 2.19. The summed E-state index contributed by atoms with van der Waals surface area (Å²) in [4.78, 5) is 7.75. The first kappa shape index (κ1) is 11.3. The highest BCUT2D eigenvalue weighted by atomic mass is 19.3. The van der Waals surface area contributed by atoms with Crippen LogP contribution in [0.1, 0.15) is 0 Å². The number of hydrogen-bond acceptors (Lipinski definition) is 4. The molecule has 1 N–H and O–H groups in total. The van der Waals surface area contributed by atoms with Gasteiger partial charge < -0.3 is 10.1 Å². The number of nitrogens with one attached hydrogen (secondary N) is 1. The van der Waals surface area contributed by atoms with E-state index < -0.39 is 6.61 Å². The van der Waals surface area contributed by atoms with Gasteiger partial charge in [-0.05, 0) is 30.3 Å². The van der Waals surface area contributed by atoms with Gasteiger partial charge in [0.25, 0.3) is 0 Å². The Morgan fingerprint density at radius 1 is 1.12 bits per heavy atom. The molecule has 0 saturated carbocycles. The molecule has 0 aliphatic carbocycles. The van der Waals surface area contributed by atoms with E-state index in [4.69, 9.17) is 0 Å². The molecule has 0 bridgehead atoms. The molecule has 1 aromatic heterocycles. The van der Waals surface area contributed by atoms with Crippen LogP contribution in [0.4, 0.5) is 20.3 Å². The molecule has 1 aromatic carbocycles. The zero-order valence-electron chi connectivity index (χ0n) is 8.68. The van der Waals surface area contributed by atoms with Crippen LogP contribution in [-0.4, -0.2) is 16.6 Å². The summed E-state index contributed by atoms with van der Waals surface area (Å²) >= 11 is 0.